The Hall–Kier alpha value is -1.96. The molecule has 3 N–H and O–H groups in total. The smallest absolute Gasteiger partial charge is 0.406 e. The number of carbonyl (C=O) groups is 1. The van der Waals surface area contributed by atoms with Gasteiger partial charge in [-0.3, -0.25) is 0 Å². The van der Waals surface area contributed by atoms with E-state index in [0.29, 0.717) is 12.0 Å². The van der Waals surface area contributed by atoms with Gasteiger partial charge in [0.05, 0.1) is 12.6 Å². The Labute approximate surface area is 126 Å². The summed E-state index contributed by atoms with van der Waals surface area (Å²) in [6.45, 7) is 1.78. The van der Waals surface area contributed by atoms with Gasteiger partial charge in [0.2, 0.25) is 0 Å². The lowest BCUT2D eigenvalue weighted by Crippen LogP contribution is -2.44. The SMILES string of the molecule is CCC(CO)NC(=O)NCCc1ccccc1OC(F)(F)F. The van der Waals surface area contributed by atoms with E-state index >= 15 is 0 Å². The summed E-state index contributed by atoms with van der Waals surface area (Å²) in [5, 5.41) is 14.0. The maximum atomic E-state index is 12.3. The van der Waals surface area contributed by atoms with Gasteiger partial charge in [0.25, 0.3) is 0 Å². The van der Waals surface area contributed by atoms with Gasteiger partial charge in [-0.05, 0) is 24.5 Å². The summed E-state index contributed by atoms with van der Waals surface area (Å²) in [4.78, 5) is 11.5. The largest absolute Gasteiger partial charge is 0.573 e. The molecule has 1 atom stereocenters. The zero-order valence-electron chi connectivity index (χ0n) is 12.1. The molecule has 0 aliphatic rings. The number of aliphatic hydroxyl groups is 1. The fourth-order valence-corrected chi connectivity index (χ4v) is 1.76. The number of carbonyl (C=O) groups excluding carboxylic acids is 1. The fraction of sp³-hybridized carbons (Fsp3) is 0.500. The predicted molar refractivity (Wildman–Crippen MR) is 74.5 cm³/mol. The summed E-state index contributed by atoms with van der Waals surface area (Å²) in [5.41, 5.74) is 0.342. The third-order valence-electron chi connectivity index (χ3n) is 2.93. The van der Waals surface area contributed by atoms with E-state index in [1.54, 1.807) is 6.07 Å². The topological polar surface area (TPSA) is 70.6 Å². The number of ether oxygens (including phenoxy) is 1. The summed E-state index contributed by atoms with van der Waals surface area (Å²) in [5.74, 6) is -0.279. The van der Waals surface area contributed by atoms with Crippen molar-refractivity contribution < 1.29 is 27.8 Å². The van der Waals surface area contributed by atoms with Crippen LogP contribution in [-0.4, -0.2) is 36.7 Å². The van der Waals surface area contributed by atoms with Crippen molar-refractivity contribution in [3.63, 3.8) is 0 Å². The summed E-state index contributed by atoms with van der Waals surface area (Å²) < 4.78 is 40.7. The van der Waals surface area contributed by atoms with Gasteiger partial charge in [-0.1, -0.05) is 25.1 Å². The highest BCUT2D eigenvalue weighted by atomic mass is 19.4. The number of halogens is 3. The van der Waals surface area contributed by atoms with Crippen LogP contribution in [0.1, 0.15) is 18.9 Å². The van der Waals surface area contributed by atoms with Crippen molar-refractivity contribution in [2.45, 2.75) is 32.2 Å². The van der Waals surface area contributed by atoms with Crippen LogP contribution in [-0.2, 0) is 6.42 Å². The van der Waals surface area contributed by atoms with Crippen LogP contribution >= 0.6 is 0 Å². The van der Waals surface area contributed by atoms with Crippen molar-refractivity contribution >= 4 is 6.03 Å². The molecular formula is C14H19F3N2O3. The first-order chi connectivity index (χ1) is 10.4. The molecule has 0 radical (unpaired) electrons. The molecular weight excluding hydrogens is 301 g/mol. The van der Waals surface area contributed by atoms with Crippen molar-refractivity contribution in [3.05, 3.63) is 29.8 Å². The Morgan fingerprint density at radius 1 is 1.36 bits per heavy atom. The molecule has 0 saturated carbocycles. The zero-order valence-corrected chi connectivity index (χ0v) is 12.1. The highest BCUT2D eigenvalue weighted by Crippen LogP contribution is 2.26. The summed E-state index contributed by atoms with van der Waals surface area (Å²) in [6.07, 6.45) is -3.99. The first-order valence-corrected chi connectivity index (χ1v) is 6.84. The highest BCUT2D eigenvalue weighted by molar-refractivity contribution is 5.74. The van der Waals surface area contributed by atoms with Crippen LogP contribution in [0.4, 0.5) is 18.0 Å². The molecule has 5 nitrogen and oxygen atoms in total. The third kappa shape index (κ3) is 6.66. The van der Waals surface area contributed by atoms with Crippen LogP contribution in [0, 0.1) is 0 Å². The van der Waals surface area contributed by atoms with Gasteiger partial charge in [0.15, 0.2) is 0 Å². The van der Waals surface area contributed by atoms with E-state index in [1.165, 1.54) is 18.2 Å². The van der Waals surface area contributed by atoms with Crippen LogP contribution in [0.15, 0.2) is 24.3 Å². The number of rotatable bonds is 7. The second kappa shape index (κ2) is 8.47. The zero-order chi connectivity index (χ0) is 16.6. The molecule has 1 aromatic rings. The van der Waals surface area contributed by atoms with Crippen molar-refractivity contribution in [3.8, 4) is 5.75 Å². The summed E-state index contributed by atoms with van der Waals surface area (Å²) in [6, 6.07) is 4.94. The Bertz CT molecular complexity index is 477. The van der Waals surface area contributed by atoms with Crippen LogP contribution in [0.2, 0.25) is 0 Å². The number of amides is 2. The number of hydrogen-bond donors (Lipinski definition) is 3. The van der Waals surface area contributed by atoms with Crippen molar-refractivity contribution in [1.82, 2.24) is 10.6 Å². The molecule has 8 heteroatoms. The molecule has 1 rings (SSSR count). The van der Waals surface area contributed by atoms with E-state index in [4.69, 9.17) is 5.11 Å². The third-order valence-corrected chi connectivity index (χ3v) is 2.93. The van der Waals surface area contributed by atoms with E-state index < -0.39 is 12.4 Å². The summed E-state index contributed by atoms with van der Waals surface area (Å²) in [7, 11) is 0. The highest BCUT2D eigenvalue weighted by Gasteiger charge is 2.31. The molecule has 0 spiro atoms. The van der Waals surface area contributed by atoms with Crippen LogP contribution in [0.5, 0.6) is 5.75 Å². The number of hydrogen-bond acceptors (Lipinski definition) is 3. The van der Waals surface area contributed by atoms with Crippen LogP contribution in [0.25, 0.3) is 0 Å². The molecule has 22 heavy (non-hydrogen) atoms. The van der Waals surface area contributed by atoms with E-state index in [-0.39, 0.29) is 31.4 Å². The minimum atomic E-state index is -4.75. The maximum Gasteiger partial charge on any atom is 0.573 e. The molecule has 0 aromatic heterocycles. The summed E-state index contributed by atoms with van der Waals surface area (Å²) >= 11 is 0. The minimum Gasteiger partial charge on any atom is -0.406 e. The lowest BCUT2D eigenvalue weighted by Gasteiger charge is -2.16. The number of benzene rings is 1. The molecule has 2 amide bonds. The fourth-order valence-electron chi connectivity index (χ4n) is 1.76. The van der Waals surface area contributed by atoms with Crippen LogP contribution < -0.4 is 15.4 Å². The number of urea groups is 1. The predicted octanol–water partition coefficient (Wildman–Crippen LogP) is 2.20. The molecule has 1 aromatic carbocycles. The number of alkyl halides is 3. The Kier molecular flexibility index (Phi) is 6.97. The first-order valence-electron chi connectivity index (χ1n) is 6.84. The van der Waals surface area contributed by atoms with Gasteiger partial charge in [0, 0.05) is 6.54 Å². The van der Waals surface area contributed by atoms with Gasteiger partial charge in [0.1, 0.15) is 5.75 Å². The Balaban J connectivity index is 2.50. The minimum absolute atomic E-state index is 0.145. The molecule has 1 unspecified atom stereocenters. The van der Waals surface area contributed by atoms with E-state index in [1.807, 2.05) is 6.92 Å². The average Bonchev–Trinajstić information content (AvgIpc) is 2.45. The molecule has 124 valence electrons. The standard InChI is InChI=1S/C14H19F3N2O3/c1-2-11(9-20)19-13(21)18-8-7-10-5-3-4-6-12(10)22-14(15,16)17/h3-6,11,20H,2,7-9H2,1H3,(H2,18,19,21). The first kappa shape index (κ1) is 18.1. The van der Waals surface area contributed by atoms with Gasteiger partial charge >= 0.3 is 12.4 Å². The average molecular weight is 320 g/mol. The van der Waals surface area contributed by atoms with E-state index in [0.717, 1.165) is 0 Å². The Morgan fingerprint density at radius 2 is 2.05 bits per heavy atom. The van der Waals surface area contributed by atoms with Crippen LogP contribution in [0.3, 0.4) is 0 Å². The molecule has 0 fully saturated rings. The van der Waals surface area contributed by atoms with Gasteiger partial charge < -0.3 is 20.5 Å². The monoisotopic (exact) mass is 320 g/mol. The molecule has 0 saturated heterocycles. The number of nitrogens with one attached hydrogen (secondary N) is 2. The molecule has 0 heterocycles. The lowest BCUT2D eigenvalue weighted by molar-refractivity contribution is -0.274. The second-order valence-electron chi connectivity index (χ2n) is 4.59. The number of para-hydroxylation sites is 1. The lowest BCUT2D eigenvalue weighted by atomic mass is 10.1. The van der Waals surface area contributed by atoms with Crippen molar-refractivity contribution in [1.29, 1.82) is 0 Å². The van der Waals surface area contributed by atoms with E-state index in [9.17, 15) is 18.0 Å². The van der Waals surface area contributed by atoms with Crippen molar-refractivity contribution in [2.24, 2.45) is 0 Å². The van der Waals surface area contributed by atoms with Gasteiger partial charge in [-0.15, -0.1) is 13.2 Å². The normalized spacial score (nSPS) is 12.6. The quantitative estimate of drug-likeness (QED) is 0.721. The molecule has 0 aliphatic heterocycles. The molecule has 0 aliphatic carbocycles. The van der Waals surface area contributed by atoms with Gasteiger partial charge in [-0.2, -0.15) is 0 Å². The maximum absolute atomic E-state index is 12.3. The molecule has 0 bridgehead atoms. The second-order valence-corrected chi connectivity index (χ2v) is 4.59. The Morgan fingerprint density at radius 3 is 2.64 bits per heavy atom. The van der Waals surface area contributed by atoms with Crippen molar-refractivity contribution in [2.75, 3.05) is 13.2 Å². The van der Waals surface area contributed by atoms with E-state index in [2.05, 4.69) is 15.4 Å². The van der Waals surface area contributed by atoms with Gasteiger partial charge in [-0.25, -0.2) is 4.79 Å². The number of aliphatic hydroxyl groups excluding tert-OH is 1.